The van der Waals surface area contributed by atoms with Gasteiger partial charge in [0.2, 0.25) is 5.95 Å². The first-order valence-corrected chi connectivity index (χ1v) is 10.8. The van der Waals surface area contributed by atoms with E-state index in [4.69, 9.17) is 4.98 Å². The Kier molecular flexibility index (Phi) is 5.45. The molecular weight excluding hydrogens is 372 g/mol. The van der Waals surface area contributed by atoms with Crippen molar-refractivity contribution in [3.8, 4) is 0 Å². The number of anilines is 1. The van der Waals surface area contributed by atoms with Crippen molar-refractivity contribution in [2.24, 2.45) is 0 Å². The van der Waals surface area contributed by atoms with Crippen molar-refractivity contribution in [2.45, 2.75) is 70.6 Å². The molecule has 1 aliphatic heterocycles. The van der Waals surface area contributed by atoms with Gasteiger partial charge in [0, 0.05) is 30.1 Å². The summed E-state index contributed by atoms with van der Waals surface area (Å²) in [6, 6.07) is 2.49. The van der Waals surface area contributed by atoms with Gasteiger partial charge in [0.05, 0.1) is 5.69 Å². The zero-order valence-corrected chi connectivity index (χ0v) is 17.3. The van der Waals surface area contributed by atoms with Crippen molar-refractivity contribution in [3.63, 3.8) is 0 Å². The zero-order valence-electron chi connectivity index (χ0n) is 17.3. The van der Waals surface area contributed by atoms with E-state index in [1.54, 1.807) is 0 Å². The lowest BCUT2D eigenvalue weighted by molar-refractivity contribution is 0.304. The van der Waals surface area contributed by atoms with Crippen molar-refractivity contribution in [2.75, 3.05) is 18.0 Å². The quantitative estimate of drug-likeness (QED) is 0.824. The summed E-state index contributed by atoms with van der Waals surface area (Å²) in [7, 11) is 0. The van der Waals surface area contributed by atoms with Crippen LogP contribution in [0.25, 0.3) is 0 Å². The fourth-order valence-corrected chi connectivity index (χ4v) is 5.17. The van der Waals surface area contributed by atoms with Gasteiger partial charge in [-0.2, -0.15) is 0 Å². The topological polar surface area (TPSA) is 49.0 Å². The largest absolute Gasteiger partial charge is 0.342 e. The molecule has 0 amide bonds. The highest BCUT2D eigenvalue weighted by Crippen LogP contribution is 2.42. The van der Waals surface area contributed by atoms with Gasteiger partial charge < -0.3 is 4.90 Å². The van der Waals surface area contributed by atoms with Gasteiger partial charge in [-0.25, -0.2) is 13.8 Å². The van der Waals surface area contributed by atoms with Gasteiger partial charge in [-0.3, -0.25) is 9.78 Å². The van der Waals surface area contributed by atoms with Crippen molar-refractivity contribution in [3.05, 3.63) is 56.5 Å². The minimum Gasteiger partial charge on any atom is -0.342 e. The number of H-pyrrole nitrogens is 1. The summed E-state index contributed by atoms with van der Waals surface area (Å²) in [5.74, 6) is -0.310. The molecule has 0 unspecified atom stereocenters. The third-order valence-electron chi connectivity index (χ3n) is 6.92. The molecule has 0 saturated carbocycles. The number of nitrogens with zero attached hydrogens (tertiary/aromatic N) is 2. The zero-order chi connectivity index (χ0) is 20.6. The first-order valence-electron chi connectivity index (χ1n) is 10.8. The second kappa shape index (κ2) is 7.88. The van der Waals surface area contributed by atoms with E-state index in [2.05, 4.69) is 16.8 Å². The van der Waals surface area contributed by atoms with Crippen LogP contribution in [0.4, 0.5) is 14.7 Å². The van der Waals surface area contributed by atoms with Gasteiger partial charge in [0.15, 0.2) is 0 Å². The lowest BCUT2D eigenvalue weighted by Gasteiger charge is -2.43. The highest BCUT2D eigenvalue weighted by Gasteiger charge is 2.39. The first kappa shape index (κ1) is 20.0. The Morgan fingerprint density at radius 1 is 1.14 bits per heavy atom. The molecule has 1 N–H and O–H groups in total. The summed E-state index contributed by atoms with van der Waals surface area (Å²) in [6.45, 7) is 5.40. The molecule has 1 saturated heterocycles. The smallest absolute Gasteiger partial charge is 0.255 e. The van der Waals surface area contributed by atoms with E-state index in [0.717, 1.165) is 67.8 Å². The van der Waals surface area contributed by atoms with Crippen LogP contribution < -0.4 is 10.5 Å². The van der Waals surface area contributed by atoms with E-state index in [9.17, 15) is 13.6 Å². The lowest BCUT2D eigenvalue weighted by atomic mass is 9.69. The third kappa shape index (κ3) is 3.58. The van der Waals surface area contributed by atoms with Crippen LogP contribution in [0.3, 0.4) is 0 Å². The number of aryl methyl sites for hydroxylation is 2. The van der Waals surface area contributed by atoms with E-state index in [-0.39, 0.29) is 11.0 Å². The predicted octanol–water partition coefficient (Wildman–Crippen LogP) is 4.44. The molecule has 1 aliphatic carbocycles. The molecule has 2 heterocycles. The van der Waals surface area contributed by atoms with Crippen LogP contribution in [0.5, 0.6) is 0 Å². The summed E-state index contributed by atoms with van der Waals surface area (Å²) in [5.41, 5.74) is 2.87. The van der Waals surface area contributed by atoms with Gasteiger partial charge in [0.1, 0.15) is 11.6 Å². The fourth-order valence-electron chi connectivity index (χ4n) is 5.17. The number of rotatable bonds is 4. The molecule has 1 fully saturated rings. The Labute approximate surface area is 170 Å². The molecule has 0 atom stereocenters. The number of hydrogen-bond donors (Lipinski definition) is 1. The SMILES string of the molecule is CCc1cc(F)cc(F)c1C1(CC)CCN(c2nc3c(c(=O)[nH]2)CCCC3)CC1. The number of fused-ring (bicyclic) bond motifs is 1. The summed E-state index contributed by atoms with van der Waals surface area (Å²) in [4.78, 5) is 22.3. The van der Waals surface area contributed by atoms with Crippen molar-refractivity contribution in [1.29, 1.82) is 0 Å². The van der Waals surface area contributed by atoms with E-state index in [0.29, 0.717) is 31.0 Å². The molecule has 6 heteroatoms. The molecule has 156 valence electrons. The Bertz CT molecular complexity index is 961. The second-order valence-corrected chi connectivity index (χ2v) is 8.42. The Hall–Kier alpha value is -2.24. The van der Waals surface area contributed by atoms with Gasteiger partial charge in [-0.05, 0) is 68.6 Å². The average molecular weight is 402 g/mol. The molecule has 1 aromatic carbocycles. The highest BCUT2D eigenvalue weighted by atomic mass is 19.1. The maximum atomic E-state index is 14.9. The van der Waals surface area contributed by atoms with E-state index in [1.165, 1.54) is 6.07 Å². The van der Waals surface area contributed by atoms with Crippen LogP contribution in [0.1, 0.15) is 68.3 Å². The molecule has 0 bridgehead atoms. The number of aromatic amines is 1. The van der Waals surface area contributed by atoms with Gasteiger partial charge in [-0.1, -0.05) is 13.8 Å². The predicted molar refractivity (Wildman–Crippen MR) is 111 cm³/mol. The minimum atomic E-state index is -0.511. The lowest BCUT2D eigenvalue weighted by Crippen LogP contribution is -2.44. The van der Waals surface area contributed by atoms with Crippen molar-refractivity contribution in [1.82, 2.24) is 9.97 Å². The average Bonchev–Trinajstić information content (AvgIpc) is 2.73. The molecule has 29 heavy (non-hydrogen) atoms. The highest BCUT2D eigenvalue weighted by molar-refractivity contribution is 5.41. The van der Waals surface area contributed by atoms with Gasteiger partial charge in [0.25, 0.3) is 5.56 Å². The van der Waals surface area contributed by atoms with Gasteiger partial charge >= 0.3 is 0 Å². The standard InChI is InChI=1S/C23H29F2N3O/c1-3-15-13-16(24)14-18(25)20(15)23(4-2)9-11-28(12-10-23)22-26-19-8-6-5-7-17(19)21(29)27-22/h13-14H,3-12H2,1-2H3,(H,26,27,29). The third-order valence-corrected chi connectivity index (χ3v) is 6.92. The van der Waals surface area contributed by atoms with Crippen LogP contribution >= 0.6 is 0 Å². The van der Waals surface area contributed by atoms with E-state index < -0.39 is 11.6 Å². The van der Waals surface area contributed by atoms with Crippen LogP contribution in [0.2, 0.25) is 0 Å². The minimum absolute atomic E-state index is 0.0186. The molecule has 0 spiro atoms. The van der Waals surface area contributed by atoms with Crippen molar-refractivity contribution >= 4 is 5.95 Å². The molecule has 0 radical (unpaired) electrons. The van der Waals surface area contributed by atoms with Crippen LogP contribution in [0, 0.1) is 11.6 Å². The van der Waals surface area contributed by atoms with Crippen LogP contribution in [-0.2, 0) is 24.7 Å². The van der Waals surface area contributed by atoms with Gasteiger partial charge in [-0.15, -0.1) is 0 Å². The number of hydrogen-bond acceptors (Lipinski definition) is 3. The molecule has 4 nitrogen and oxygen atoms in total. The van der Waals surface area contributed by atoms with Crippen LogP contribution in [-0.4, -0.2) is 23.1 Å². The monoisotopic (exact) mass is 401 g/mol. The molecule has 4 rings (SSSR count). The van der Waals surface area contributed by atoms with E-state index in [1.807, 2.05) is 6.92 Å². The first-order chi connectivity index (χ1) is 14.0. The summed E-state index contributed by atoms with van der Waals surface area (Å²) < 4.78 is 28.6. The molecule has 2 aliphatic rings. The maximum Gasteiger partial charge on any atom is 0.255 e. The Morgan fingerprint density at radius 2 is 1.86 bits per heavy atom. The number of halogens is 2. The summed E-state index contributed by atoms with van der Waals surface area (Å²) in [5, 5.41) is 0. The summed E-state index contributed by atoms with van der Waals surface area (Å²) >= 11 is 0. The van der Waals surface area contributed by atoms with Crippen molar-refractivity contribution < 1.29 is 8.78 Å². The summed E-state index contributed by atoms with van der Waals surface area (Å²) in [6.07, 6.45) is 6.69. The number of nitrogens with one attached hydrogen (secondary N) is 1. The molecular formula is C23H29F2N3O. The fraction of sp³-hybridized carbons (Fsp3) is 0.565. The number of aromatic nitrogens is 2. The molecule has 1 aromatic heterocycles. The number of benzene rings is 1. The Morgan fingerprint density at radius 3 is 2.55 bits per heavy atom. The normalized spacial score (nSPS) is 18.6. The maximum absolute atomic E-state index is 14.9. The van der Waals surface area contributed by atoms with E-state index >= 15 is 0 Å². The molecule has 2 aromatic rings. The van der Waals surface area contributed by atoms with Crippen LogP contribution in [0.15, 0.2) is 16.9 Å². The number of piperidine rings is 1. The Balaban J connectivity index is 1.62. The second-order valence-electron chi connectivity index (χ2n) is 8.42.